The van der Waals surface area contributed by atoms with Crippen LogP contribution in [-0.4, -0.2) is 34.9 Å². The third-order valence-electron chi connectivity index (χ3n) is 4.44. The molecule has 0 atom stereocenters. The van der Waals surface area contributed by atoms with E-state index in [1.807, 2.05) is 6.92 Å². The molecule has 27 heavy (non-hydrogen) atoms. The van der Waals surface area contributed by atoms with Crippen LogP contribution in [0.15, 0.2) is 24.3 Å². The number of ether oxygens (including phenoxy) is 1. The Labute approximate surface area is 167 Å². The fourth-order valence-electron chi connectivity index (χ4n) is 2.79. The number of Topliss-reactive ketones (excluding diaryl/α,β-unsaturated/α-hetero) is 1. The number of hydrogen-bond acceptors (Lipinski definition) is 4. The Kier molecular flexibility index (Phi) is 6.89. The van der Waals surface area contributed by atoms with Gasteiger partial charge < -0.3 is 15.2 Å². The van der Waals surface area contributed by atoms with Crippen molar-refractivity contribution in [3.8, 4) is 5.75 Å². The lowest BCUT2D eigenvalue weighted by Crippen LogP contribution is -2.56. The summed E-state index contributed by atoms with van der Waals surface area (Å²) in [5.74, 6) is -1.77. The number of amides is 1. The van der Waals surface area contributed by atoms with E-state index in [1.165, 1.54) is 12.1 Å². The minimum absolute atomic E-state index is 0.0316. The summed E-state index contributed by atoms with van der Waals surface area (Å²) in [5, 5.41) is 11.1. The molecule has 146 valence electrons. The van der Waals surface area contributed by atoms with Gasteiger partial charge in [0, 0.05) is 5.56 Å². The number of aliphatic carboxylic acids is 1. The molecule has 1 saturated carbocycles. The van der Waals surface area contributed by atoms with Crippen molar-refractivity contribution >= 4 is 40.9 Å². The van der Waals surface area contributed by atoms with E-state index in [-0.39, 0.29) is 27.1 Å². The number of carbonyl (C=O) groups is 3. The quantitative estimate of drug-likeness (QED) is 0.470. The first-order valence-electron chi connectivity index (χ1n) is 8.61. The van der Waals surface area contributed by atoms with E-state index < -0.39 is 24.0 Å². The van der Waals surface area contributed by atoms with Gasteiger partial charge in [0.05, 0.1) is 5.02 Å². The standard InChI is InChI=1S/C19H21Cl2NO5/c1-3-5-11(2)17(25)12-6-7-13(16(21)15(12)20)27-19(8-4-9-19)18(26)22-10-14(23)24/h6-7H,2-5,8-10H2,1H3,(H,22,26)(H,23,24). The van der Waals surface area contributed by atoms with Crippen molar-refractivity contribution < 1.29 is 24.2 Å². The van der Waals surface area contributed by atoms with Gasteiger partial charge in [-0.3, -0.25) is 14.4 Å². The van der Waals surface area contributed by atoms with Crippen molar-refractivity contribution in [1.82, 2.24) is 5.32 Å². The lowest BCUT2D eigenvalue weighted by molar-refractivity contribution is -0.147. The predicted molar refractivity (Wildman–Crippen MR) is 103 cm³/mol. The van der Waals surface area contributed by atoms with Crippen LogP contribution in [0.1, 0.15) is 49.4 Å². The maximum atomic E-state index is 12.4. The number of carbonyl (C=O) groups excluding carboxylic acids is 2. The molecule has 1 aromatic carbocycles. The molecule has 0 unspecified atom stereocenters. The van der Waals surface area contributed by atoms with E-state index in [4.69, 9.17) is 33.0 Å². The maximum absolute atomic E-state index is 12.4. The number of allylic oxidation sites excluding steroid dienone is 1. The third kappa shape index (κ3) is 4.62. The molecule has 0 aliphatic heterocycles. The molecule has 0 spiro atoms. The monoisotopic (exact) mass is 413 g/mol. The van der Waals surface area contributed by atoms with Crippen molar-refractivity contribution in [1.29, 1.82) is 0 Å². The normalized spacial score (nSPS) is 14.8. The van der Waals surface area contributed by atoms with Gasteiger partial charge in [-0.1, -0.05) is 43.1 Å². The smallest absolute Gasteiger partial charge is 0.322 e. The molecule has 1 aliphatic rings. The number of rotatable bonds is 9. The Morgan fingerprint density at radius 1 is 1.26 bits per heavy atom. The molecular formula is C19H21Cl2NO5. The van der Waals surface area contributed by atoms with E-state index in [9.17, 15) is 14.4 Å². The van der Waals surface area contributed by atoms with E-state index in [2.05, 4.69) is 11.9 Å². The number of hydrogen-bond donors (Lipinski definition) is 2. The van der Waals surface area contributed by atoms with Gasteiger partial charge in [0.15, 0.2) is 11.4 Å². The van der Waals surface area contributed by atoms with Gasteiger partial charge in [0.2, 0.25) is 0 Å². The van der Waals surface area contributed by atoms with Crippen LogP contribution in [0.3, 0.4) is 0 Å². The van der Waals surface area contributed by atoms with Crippen LogP contribution < -0.4 is 10.1 Å². The first-order chi connectivity index (χ1) is 12.7. The lowest BCUT2D eigenvalue weighted by Gasteiger charge is -2.40. The van der Waals surface area contributed by atoms with Crippen molar-refractivity contribution in [2.75, 3.05) is 6.54 Å². The molecule has 1 amide bonds. The summed E-state index contributed by atoms with van der Waals surface area (Å²) in [5.41, 5.74) is -0.516. The van der Waals surface area contributed by atoms with Gasteiger partial charge in [0.25, 0.3) is 5.91 Å². The Bertz CT molecular complexity index is 787. The lowest BCUT2D eigenvalue weighted by atomic mass is 9.79. The van der Waals surface area contributed by atoms with Crippen molar-refractivity contribution in [3.63, 3.8) is 0 Å². The molecule has 0 heterocycles. The Balaban J connectivity index is 2.23. The molecule has 0 aromatic heterocycles. The first kappa shape index (κ1) is 21.3. The van der Waals surface area contributed by atoms with E-state index >= 15 is 0 Å². The van der Waals surface area contributed by atoms with Gasteiger partial charge >= 0.3 is 5.97 Å². The molecular weight excluding hydrogens is 393 g/mol. The second-order valence-corrected chi connectivity index (χ2v) is 7.20. The summed E-state index contributed by atoms with van der Waals surface area (Å²) in [4.78, 5) is 35.4. The highest BCUT2D eigenvalue weighted by Gasteiger charge is 2.47. The number of halogens is 2. The molecule has 1 aromatic rings. The number of benzene rings is 1. The van der Waals surface area contributed by atoms with Crippen molar-refractivity contribution in [3.05, 3.63) is 39.9 Å². The first-order valence-corrected chi connectivity index (χ1v) is 9.37. The fraction of sp³-hybridized carbons (Fsp3) is 0.421. The summed E-state index contributed by atoms with van der Waals surface area (Å²) >= 11 is 12.5. The van der Waals surface area contributed by atoms with Crippen LogP contribution in [0.5, 0.6) is 5.75 Å². The van der Waals surface area contributed by atoms with E-state index in [1.54, 1.807) is 0 Å². The fourth-order valence-corrected chi connectivity index (χ4v) is 3.24. The summed E-state index contributed by atoms with van der Waals surface area (Å²) in [6.07, 6.45) is 2.96. The van der Waals surface area contributed by atoms with Crippen LogP contribution >= 0.6 is 23.2 Å². The zero-order valence-corrected chi connectivity index (χ0v) is 16.5. The van der Waals surface area contributed by atoms with Crippen LogP contribution in [0.25, 0.3) is 0 Å². The summed E-state index contributed by atoms with van der Waals surface area (Å²) in [6, 6.07) is 2.99. The van der Waals surface area contributed by atoms with Crippen molar-refractivity contribution in [2.24, 2.45) is 0 Å². The number of ketones is 1. The van der Waals surface area contributed by atoms with Gasteiger partial charge in [-0.15, -0.1) is 0 Å². The SMILES string of the molecule is C=C(CCC)C(=O)c1ccc(OC2(C(=O)NCC(=O)O)CCC2)c(Cl)c1Cl. The summed E-state index contributed by atoms with van der Waals surface area (Å²) in [6.45, 7) is 5.22. The average Bonchev–Trinajstić information content (AvgIpc) is 2.59. The van der Waals surface area contributed by atoms with E-state index in [0.717, 1.165) is 12.8 Å². The zero-order chi connectivity index (χ0) is 20.2. The zero-order valence-electron chi connectivity index (χ0n) is 14.9. The van der Waals surface area contributed by atoms with E-state index in [0.29, 0.717) is 24.8 Å². The minimum Gasteiger partial charge on any atom is -0.480 e. The highest BCUT2D eigenvalue weighted by molar-refractivity contribution is 6.45. The highest BCUT2D eigenvalue weighted by Crippen LogP contribution is 2.42. The molecule has 2 N–H and O–H groups in total. The summed E-state index contributed by atoms with van der Waals surface area (Å²) in [7, 11) is 0. The second-order valence-electron chi connectivity index (χ2n) is 6.45. The molecule has 0 bridgehead atoms. The minimum atomic E-state index is -1.18. The average molecular weight is 414 g/mol. The molecule has 6 nitrogen and oxygen atoms in total. The van der Waals surface area contributed by atoms with Crippen LogP contribution in [0, 0.1) is 0 Å². The third-order valence-corrected chi connectivity index (χ3v) is 5.31. The molecule has 1 aliphatic carbocycles. The Hall–Kier alpha value is -2.05. The molecule has 0 saturated heterocycles. The summed E-state index contributed by atoms with van der Waals surface area (Å²) < 4.78 is 5.83. The molecule has 2 rings (SSSR count). The van der Waals surface area contributed by atoms with Gasteiger partial charge in [-0.25, -0.2) is 0 Å². The van der Waals surface area contributed by atoms with Gasteiger partial charge in [0.1, 0.15) is 17.3 Å². The molecule has 8 heteroatoms. The number of carboxylic acids is 1. The number of nitrogens with one attached hydrogen (secondary N) is 1. The Morgan fingerprint density at radius 3 is 2.44 bits per heavy atom. The predicted octanol–water partition coefficient (Wildman–Crippen LogP) is 4.03. The largest absolute Gasteiger partial charge is 0.480 e. The van der Waals surface area contributed by atoms with Crippen LogP contribution in [0.4, 0.5) is 0 Å². The maximum Gasteiger partial charge on any atom is 0.322 e. The van der Waals surface area contributed by atoms with Gasteiger partial charge in [-0.2, -0.15) is 0 Å². The topological polar surface area (TPSA) is 92.7 Å². The van der Waals surface area contributed by atoms with Crippen molar-refractivity contribution in [2.45, 2.75) is 44.6 Å². The van der Waals surface area contributed by atoms with Crippen LogP contribution in [-0.2, 0) is 9.59 Å². The molecule has 0 radical (unpaired) electrons. The highest BCUT2D eigenvalue weighted by atomic mass is 35.5. The second kappa shape index (κ2) is 8.76. The Morgan fingerprint density at radius 2 is 1.93 bits per heavy atom. The molecule has 1 fully saturated rings. The number of carboxylic acid groups (broad SMARTS) is 1. The van der Waals surface area contributed by atoms with Crippen LogP contribution in [0.2, 0.25) is 10.0 Å². The van der Waals surface area contributed by atoms with Gasteiger partial charge in [-0.05, 0) is 43.4 Å².